The lowest BCUT2D eigenvalue weighted by Gasteiger charge is -2.15. The van der Waals surface area contributed by atoms with Crippen LogP contribution in [0.15, 0.2) is 34.8 Å². The summed E-state index contributed by atoms with van der Waals surface area (Å²) >= 11 is 2.06. The highest BCUT2D eigenvalue weighted by Gasteiger charge is 2.13. The van der Waals surface area contributed by atoms with Gasteiger partial charge in [0, 0.05) is 18.2 Å². The van der Waals surface area contributed by atoms with Crippen molar-refractivity contribution in [3.05, 3.63) is 45.4 Å². The Hall–Kier alpha value is -2.16. The first-order valence-electron chi connectivity index (χ1n) is 7.07. The smallest absolute Gasteiger partial charge is 0.244 e. The molecule has 24 heavy (non-hydrogen) atoms. The van der Waals surface area contributed by atoms with E-state index in [0.29, 0.717) is 23.0 Å². The summed E-state index contributed by atoms with van der Waals surface area (Å²) in [4.78, 5) is 12.0. The molecule has 0 aliphatic rings. The number of carbonyl (C=O) groups is 1. The Bertz CT molecular complexity index is 713. The summed E-state index contributed by atoms with van der Waals surface area (Å²) in [5, 5.41) is 2.79. The Morgan fingerprint density at radius 2 is 1.83 bits per heavy atom. The number of carbonyl (C=O) groups excluding carboxylic acids is 1. The number of methoxy groups -OCH3 is 3. The van der Waals surface area contributed by atoms with Crippen molar-refractivity contribution in [1.82, 2.24) is 5.32 Å². The lowest BCUT2D eigenvalue weighted by Crippen LogP contribution is -2.21. The number of hydrogen-bond donors (Lipinski definition) is 1. The predicted octanol–water partition coefficient (Wildman–Crippen LogP) is 3.24. The van der Waals surface area contributed by atoms with Gasteiger partial charge in [-0.2, -0.15) is 0 Å². The van der Waals surface area contributed by atoms with E-state index in [2.05, 4.69) is 27.9 Å². The Morgan fingerprint density at radius 3 is 2.33 bits per heavy atom. The monoisotopic (exact) mass is 443 g/mol. The molecular weight excluding hydrogens is 425 g/mol. The fourth-order valence-electron chi connectivity index (χ4n) is 2.06. The van der Waals surface area contributed by atoms with E-state index < -0.39 is 0 Å². The first-order valence-corrected chi connectivity index (χ1v) is 8.15. The van der Waals surface area contributed by atoms with Crippen molar-refractivity contribution in [1.29, 1.82) is 0 Å². The number of furan rings is 1. The maximum atomic E-state index is 12.0. The van der Waals surface area contributed by atoms with E-state index in [1.54, 1.807) is 45.6 Å². The van der Waals surface area contributed by atoms with Crippen molar-refractivity contribution < 1.29 is 23.4 Å². The summed E-state index contributed by atoms with van der Waals surface area (Å²) in [6.07, 6.45) is 3.03. The van der Waals surface area contributed by atoms with Crippen molar-refractivity contribution in [2.75, 3.05) is 21.3 Å². The quantitative estimate of drug-likeness (QED) is 0.526. The summed E-state index contributed by atoms with van der Waals surface area (Å²) in [6.45, 7) is 0.259. The van der Waals surface area contributed by atoms with Crippen LogP contribution in [0.1, 0.15) is 11.3 Å². The third kappa shape index (κ3) is 4.67. The van der Waals surface area contributed by atoms with Crippen LogP contribution >= 0.6 is 22.6 Å². The van der Waals surface area contributed by atoms with Gasteiger partial charge in [-0.3, -0.25) is 4.79 Å². The van der Waals surface area contributed by atoms with E-state index in [1.807, 2.05) is 6.07 Å². The lowest BCUT2D eigenvalue weighted by atomic mass is 10.1. The van der Waals surface area contributed by atoms with Crippen LogP contribution in [0.25, 0.3) is 6.08 Å². The Balaban J connectivity index is 2.07. The van der Waals surface area contributed by atoms with Crippen molar-refractivity contribution in [2.24, 2.45) is 0 Å². The molecule has 1 amide bonds. The standard InChI is InChI=1S/C17H18INO5/c1-21-12-8-14(22-2)13(15(9-12)23-3)10-19-17(20)7-5-11-4-6-16(18)24-11/h4-9H,10H2,1-3H3,(H,19,20). The van der Waals surface area contributed by atoms with Gasteiger partial charge in [-0.25, -0.2) is 0 Å². The van der Waals surface area contributed by atoms with Crippen LogP contribution in [0.4, 0.5) is 0 Å². The number of ether oxygens (including phenoxy) is 3. The Kier molecular flexibility index (Phi) is 6.53. The summed E-state index contributed by atoms with van der Waals surface area (Å²) in [5.74, 6) is 2.15. The predicted molar refractivity (Wildman–Crippen MR) is 98.4 cm³/mol. The Morgan fingerprint density at radius 1 is 1.17 bits per heavy atom. The van der Waals surface area contributed by atoms with Gasteiger partial charge in [0.25, 0.3) is 0 Å². The number of benzene rings is 1. The van der Waals surface area contributed by atoms with E-state index in [9.17, 15) is 4.79 Å². The molecule has 0 aliphatic heterocycles. The topological polar surface area (TPSA) is 69.9 Å². The molecule has 0 aliphatic carbocycles. The zero-order valence-corrected chi connectivity index (χ0v) is 15.7. The second kappa shape index (κ2) is 8.62. The van der Waals surface area contributed by atoms with E-state index in [-0.39, 0.29) is 12.5 Å². The minimum absolute atomic E-state index is 0.249. The average molecular weight is 443 g/mol. The number of hydrogen-bond acceptors (Lipinski definition) is 5. The second-order valence-electron chi connectivity index (χ2n) is 4.70. The van der Waals surface area contributed by atoms with Gasteiger partial charge in [-0.1, -0.05) is 0 Å². The molecular formula is C17H18INO5. The number of rotatable bonds is 7. The molecule has 0 saturated carbocycles. The van der Waals surface area contributed by atoms with Crippen LogP contribution in [0.3, 0.4) is 0 Å². The van der Waals surface area contributed by atoms with Gasteiger partial charge < -0.3 is 23.9 Å². The minimum atomic E-state index is -0.249. The van der Waals surface area contributed by atoms with Crippen LogP contribution in [-0.4, -0.2) is 27.2 Å². The molecule has 0 bridgehead atoms. The van der Waals surface area contributed by atoms with Crippen LogP contribution < -0.4 is 19.5 Å². The third-order valence-corrected chi connectivity index (χ3v) is 3.83. The molecule has 1 aromatic heterocycles. The molecule has 2 aromatic rings. The fourth-order valence-corrected chi connectivity index (χ4v) is 2.50. The minimum Gasteiger partial charge on any atom is -0.496 e. The van der Waals surface area contributed by atoms with Crippen LogP contribution in [0, 0.1) is 3.77 Å². The van der Waals surface area contributed by atoms with Crippen LogP contribution in [-0.2, 0) is 11.3 Å². The molecule has 128 valence electrons. The molecule has 7 heteroatoms. The fraction of sp³-hybridized carbons (Fsp3) is 0.235. The van der Waals surface area contributed by atoms with Crippen LogP contribution in [0.5, 0.6) is 17.2 Å². The van der Waals surface area contributed by atoms with Gasteiger partial charge in [-0.05, 0) is 40.8 Å². The molecule has 1 aromatic carbocycles. The first-order chi connectivity index (χ1) is 11.6. The zero-order chi connectivity index (χ0) is 17.5. The van der Waals surface area contributed by atoms with E-state index >= 15 is 0 Å². The van der Waals surface area contributed by atoms with Crippen molar-refractivity contribution >= 4 is 34.6 Å². The van der Waals surface area contributed by atoms with Crippen molar-refractivity contribution in [3.63, 3.8) is 0 Å². The van der Waals surface area contributed by atoms with Gasteiger partial charge in [0.1, 0.15) is 23.0 Å². The summed E-state index contributed by atoms with van der Waals surface area (Å²) in [7, 11) is 4.67. The largest absolute Gasteiger partial charge is 0.496 e. The average Bonchev–Trinajstić information content (AvgIpc) is 3.02. The van der Waals surface area contributed by atoms with Gasteiger partial charge in [-0.15, -0.1) is 0 Å². The molecule has 0 unspecified atom stereocenters. The van der Waals surface area contributed by atoms with Gasteiger partial charge in [0.15, 0.2) is 3.77 Å². The highest BCUT2D eigenvalue weighted by molar-refractivity contribution is 14.1. The molecule has 0 saturated heterocycles. The molecule has 2 rings (SSSR count). The number of halogens is 1. The lowest BCUT2D eigenvalue weighted by molar-refractivity contribution is -0.116. The highest BCUT2D eigenvalue weighted by atomic mass is 127. The normalized spacial score (nSPS) is 10.7. The summed E-state index contributed by atoms with van der Waals surface area (Å²) in [5.41, 5.74) is 0.732. The molecule has 0 fully saturated rings. The van der Waals surface area contributed by atoms with E-state index in [4.69, 9.17) is 18.6 Å². The molecule has 0 spiro atoms. The SMILES string of the molecule is COc1cc(OC)c(CNC(=O)C=Cc2ccc(I)o2)c(OC)c1. The van der Waals surface area contributed by atoms with Gasteiger partial charge >= 0.3 is 0 Å². The maximum absolute atomic E-state index is 12.0. The number of amides is 1. The second-order valence-corrected chi connectivity index (χ2v) is 5.77. The van der Waals surface area contributed by atoms with E-state index in [0.717, 1.165) is 9.33 Å². The van der Waals surface area contributed by atoms with Crippen molar-refractivity contribution in [2.45, 2.75) is 6.54 Å². The Labute approximate surface area is 153 Å². The van der Waals surface area contributed by atoms with Crippen LogP contribution in [0.2, 0.25) is 0 Å². The first kappa shape index (κ1) is 18.2. The van der Waals surface area contributed by atoms with Gasteiger partial charge in [0.05, 0.1) is 33.4 Å². The molecule has 1 heterocycles. The highest BCUT2D eigenvalue weighted by Crippen LogP contribution is 2.33. The zero-order valence-electron chi connectivity index (χ0n) is 13.6. The molecule has 1 N–H and O–H groups in total. The molecule has 6 nitrogen and oxygen atoms in total. The summed E-state index contributed by atoms with van der Waals surface area (Å²) < 4.78 is 22.0. The maximum Gasteiger partial charge on any atom is 0.244 e. The number of nitrogens with one attached hydrogen (secondary N) is 1. The van der Waals surface area contributed by atoms with E-state index in [1.165, 1.54) is 6.08 Å². The molecule has 0 radical (unpaired) electrons. The third-order valence-electron chi connectivity index (χ3n) is 3.25. The summed E-state index contributed by atoms with van der Waals surface area (Å²) in [6, 6.07) is 7.10. The van der Waals surface area contributed by atoms with Gasteiger partial charge in [0.2, 0.25) is 5.91 Å². The molecule has 0 atom stereocenters. The van der Waals surface area contributed by atoms with Crippen molar-refractivity contribution in [3.8, 4) is 17.2 Å².